The summed E-state index contributed by atoms with van der Waals surface area (Å²) in [4.78, 5) is 13.4. The summed E-state index contributed by atoms with van der Waals surface area (Å²) in [5.74, 6) is -0.443. The molecular weight excluding hydrogens is 370 g/mol. The lowest BCUT2D eigenvalue weighted by atomic mass is 9.90. The van der Waals surface area contributed by atoms with E-state index in [1.54, 1.807) is 0 Å². The minimum Gasteiger partial charge on any atom is -0.322 e. The molecule has 1 aromatic heterocycles. The third-order valence-corrected chi connectivity index (χ3v) is 5.33. The average molecular weight is 396 g/mol. The van der Waals surface area contributed by atoms with E-state index in [2.05, 4.69) is 22.5 Å². The number of aromatic nitrogens is 2. The molecule has 0 unspecified atom stereocenters. The van der Waals surface area contributed by atoms with Crippen LogP contribution in [0.2, 0.25) is 0 Å². The van der Waals surface area contributed by atoms with Gasteiger partial charge in [-0.25, -0.2) is 0 Å². The number of carbonyl (C=O) groups excluding carboxylic acids is 1. The highest BCUT2D eigenvalue weighted by molar-refractivity contribution is 5.99. The number of carbonyl (C=O) groups is 1. The molecule has 4 nitrogen and oxygen atoms in total. The van der Waals surface area contributed by atoms with E-state index in [0.717, 1.165) is 28.2 Å². The molecule has 0 fully saturated rings. The molecule has 0 spiro atoms. The molecule has 4 heteroatoms. The number of nitrogens with one attached hydrogen (secondary N) is 1. The molecule has 0 aliphatic carbocycles. The van der Waals surface area contributed by atoms with Gasteiger partial charge in [0.05, 0.1) is 29.5 Å². The number of hydrogen-bond donors (Lipinski definition) is 1. The lowest BCUT2D eigenvalue weighted by Crippen LogP contribution is -2.23. The number of benzene rings is 3. The van der Waals surface area contributed by atoms with Crippen LogP contribution in [-0.4, -0.2) is 15.7 Å². The molecule has 0 bridgehead atoms. The van der Waals surface area contributed by atoms with E-state index < -0.39 is 0 Å². The number of aryl methyl sites for hydroxylation is 1. The lowest BCUT2D eigenvalue weighted by Gasteiger charge is -2.18. The van der Waals surface area contributed by atoms with Gasteiger partial charge in [0.2, 0.25) is 5.91 Å². The SMILES string of the molecule is Cc1nn(Cc2ccccc2)c(C)c1NC(=O)C(c1ccccc1)c1ccccc1. The standard InChI is InChI=1S/C26H25N3O/c1-19-25(20(2)29(28-19)18-21-12-6-3-7-13-21)27-26(30)24(22-14-8-4-9-15-22)23-16-10-5-11-17-23/h3-17,24H,18H2,1-2H3,(H,27,30). The summed E-state index contributed by atoms with van der Waals surface area (Å²) in [6.07, 6.45) is 0. The molecular formula is C26H25N3O. The molecule has 0 aliphatic rings. The van der Waals surface area contributed by atoms with Crippen molar-refractivity contribution in [2.45, 2.75) is 26.3 Å². The van der Waals surface area contributed by atoms with Crippen molar-refractivity contribution >= 4 is 11.6 Å². The van der Waals surface area contributed by atoms with Crippen LogP contribution in [0.5, 0.6) is 0 Å². The second-order valence-electron chi connectivity index (χ2n) is 7.43. The van der Waals surface area contributed by atoms with E-state index >= 15 is 0 Å². The largest absolute Gasteiger partial charge is 0.322 e. The molecule has 1 N–H and O–H groups in total. The lowest BCUT2D eigenvalue weighted by molar-refractivity contribution is -0.116. The quantitative estimate of drug-likeness (QED) is 0.480. The Balaban J connectivity index is 1.63. The van der Waals surface area contributed by atoms with Crippen molar-refractivity contribution in [2.24, 2.45) is 0 Å². The summed E-state index contributed by atoms with van der Waals surface area (Å²) >= 11 is 0. The molecule has 30 heavy (non-hydrogen) atoms. The minimum absolute atomic E-state index is 0.0575. The van der Waals surface area contributed by atoms with Gasteiger partial charge in [-0.15, -0.1) is 0 Å². The van der Waals surface area contributed by atoms with Gasteiger partial charge < -0.3 is 5.32 Å². The number of amides is 1. The molecule has 150 valence electrons. The van der Waals surface area contributed by atoms with Crippen molar-refractivity contribution in [2.75, 3.05) is 5.32 Å². The average Bonchev–Trinajstić information content (AvgIpc) is 3.03. The molecule has 4 aromatic rings. The Bertz CT molecular complexity index is 1080. The maximum atomic E-state index is 13.4. The number of rotatable bonds is 6. The first-order valence-corrected chi connectivity index (χ1v) is 10.1. The molecule has 1 heterocycles. The Morgan fingerprint density at radius 1 is 0.833 bits per heavy atom. The topological polar surface area (TPSA) is 46.9 Å². The van der Waals surface area contributed by atoms with Crippen molar-refractivity contribution in [3.8, 4) is 0 Å². The van der Waals surface area contributed by atoms with E-state index in [1.165, 1.54) is 5.56 Å². The maximum absolute atomic E-state index is 13.4. The fraction of sp³-hybridized carbons (Fsp3) is 0.154. The molecule has 0 saturated carbocycles. The van der Waals surface area contributed by atoms with Crippen molar-refractivity contribution in [1.82, 2.24) is 9.78 Å². The zero-order valence-electron chi connectivity index (χ0n) is 17.2. The van der Waals surface area contributed by atoms with Crippen LogP contribution in [0.3, 0.4) is 0 Å². The van der Waals surface area contributed by atoms with E-state index in [1.807, 2.05) is 97.4 Å². The van der Waals surface area contributed by atoms with Crippen molar-refractivity contribution in [3.63, 3.8) is 0 Å². The molecule has 4 rings (SSSR count). The van der Waals surface area contributed by atoms with Crippen molar-refractivity contribution in [1.29, 1.82) is 0 Å². The molecule has 0 aliphatic heterocycles. The summed E-state index contributed by atoms with van der Waals surface area (Å²) < 4.78 is 1.94. The van der Waals surface area contributed by atoms with Gasteiger partial charge in [-0.05, 0) is 30.5 Å². The first-order valence-electron chi connectivity index (χ1n) is 10.1. The zero-order valence-corrected chi connectivity index (χ0v) is 17.2. The highest BCUT2D eigenvalue weighted by Crippen LogP contribution is 2.28. The summed E-state index contributed by atoms with van der Waals surface area (Å²) in [6, 6.07) is 30.0. The maximum Gasteiger partial charge on any atom is 0.236 e. The number of hydrogen-bond acceptors (Lipinski definition) is 2. The van der Waals surface area contributed by atoms with Gasteiger partial charge in [0, 0.05) is 0 Å². The Morgan fingerprint density at radius 3 is 1.87 bits per heavy atom. The predicted octanol–water partition coefficient (Wildman–Crippen LogP) is 5.32. The van der Waals surface area contributed by atoms with Gasteiger partial charge >= 0.3 is 0 Å². The van der Waals surface area contributed by atoms with Gasteiger partial charge in [0.25, 0.3) is 0 Å². The van der Waals surface area contributed by atoms with E-state index in [4.69, 9.17) is 0 Å². The van der Waals surface area contributed by atoms with Crippen molar-refractivity contribution in [3.05, 3.63) is 119 Å². The molecule has 0 atom stereocenters. The third-order valence-electron chi connectivity index (χ3n) is 5.33. The first-order chi connectivity index (χ1) is 14.6. The summed E-state index contributed by atoms with van der Waals surface area (Å²) in [7, 11) is 0. The highest BCUT2D eigenvalue weighted by atomic mass is 16.1. The van der Waals surface area contributed by atoms with Crippen LogP contribution < -0.4 is 5.32 Å². The van der Waals surface area contributed by atoms with Crippen molar-refractivity contribution < 1.29 is 4.79 Å². The van der Waals surface area contributed by atoms with Crippen LogP contribution in [-0.2, 0) is 11.3 Å². The van der Waals surface area contributed by atoms with Crippen LogP contribution in [0.4, 0.5) is 5.69 Å². The van der Waals surface area contributed by atoms with Gasteiger partial charge in [-0.3, -0.25) is 9.48 Å². The smallest absolute Gasteiger partial charge is 0.236 e. The second-order valence-corrected chi connectivity index (χ2v) is 7.43. The first kappa shape index (κ1) is 19.6. The van der Waals surface area contributed by atoms with Gasteiger partial charge in [0.1, 0.15) is 0 Å². The summed E-state index contributed by atoms with van der Waals surface area (Å²) in [5, 5.41) is 7.82. The predicted molar refractivity (Wildman–Crippen MR) is 121 cm³/mol. The van der Waals surface area contributed by atoms with Gasteiger partial charge in [-0.2, -0.15) is 5.10 Å². The highest BCUT2D eigenvalue weighted by Gasteiger charge is 2.24. The Hall–Kier alpha value is -3.66. The van der Waals surface area contributed by atoms with E-state index in [-0.39, 0.29) is 11.8 Å². The Morgan fingerprint density at radius 2 is 1.33 bits per heavy atom. The summed E-state index contributed by atoms with van der Waals surface area (Å²) in [5.41, 5.74) is 5.66. The Kier molecular flexibility index (Phi) is 5.75. The Labute approximate surface area is 177 Å². The second kappa shape index (κ2) is 8.78. The van der Waals surface area contributed by atoms with Crippen LogP contribution in [0.25, 0.3) is 0 Å². The van der Waals surface area contributed by atoms with Gasteiger partial charge in [-0.1, -0.05) is 91.0 Å². The zero-order chi connectivity index (χ0) is 20.9. The fourth-order valence-corrected chi connectivity index (χ4v) is 3.77. The van der Waals surface area contributed by atoms with Crippen LogP contribution in [0, 0.1) is 13.8 Å². The van der Waals surface area contributed by atoms with E-state index in [9.17, 15) is 4.79 Å². The van der Waals surface area contributed by atoms with Gasteiger partial charge in [0.15, 0.2) is 0 Å². The molecule has 0 radical (unpaired) electrons. The number of anilines is 1. The third kappa shape index (κ3) is 4.18. The molecule has 0 saturated heterocycles. The summed E-state index contributed by atoms with van der Waals surface area (Å²) in [6.45, 7) is 4.60. The van der Waals surface area contributed by atoms with Crippen LogP contribution in [0.15, 0.2) is 91.0 Å². The fourth-order valence-electron chi connectivity index (χ4n) is 3.77. The molecule has 1 amide bonds. The minimum atomic E-state index is -0.385. The monoisotopic (exact) mass is 395 g/mol. The molecule has 3 aromatic carbocycles. The van der Waals surface area contributed by atoms with Crippen LogP contribution in [0.1, 0.15) is 34.0 Å². The van der Waals surface area contributed by atoms with Crippen LogP contribution >= 0.6 is 0 Å². The normalized spacial score (nSPS) is 10.9. The number of nitrogens with zero attached hydrogens (tertiary/aromatic N) is 2. The van der Waals surface area contributed by atoms with E-state index in [0.29, 0.717) is 6.54 Å².